The lowest BCUT2D eigenvalue weighted by Crippen LogP contribution is -2.34. The summed E-state index contributed by atoms with van der Waals surface area (Å²) < 4.78 is 30.8. The standard InChI is InChI=1S/C10H23NO4P2/c1-4-8-13-16(14-9-5-2)11-7-10-17(11,12)15-6-3/h4-10H2,1-3H3. The third-order valence-corrected chi connectivity index (χ3v) is 7.24. The van der Waals surface area contributed by atoms with Gasteiger partial charge in [0.1, 0.15) is 0 Å². The van der Waals surface area contributed by atoms with Crippen molar-refractivity contribution in [1.29, 1.82) is 0 Å². The predicted octanol–water partition coefficient (Wildman–Crippen LogP) is 3.61. The summed E-state index contributed by atoms with van der Waals surface area (Å²) in [7, 11) is -3.83. The van der Waals surface area contributed by atoms with Crippen molar-refractivity contribution < 1.29 is 18.1 Å². The molecular formula is C10H23NO4P2. The van der Waals surface area contributed by atoms with Crippen LogP contribution in [0.3, 0.4) is 0 Å². The molecule has 0 N–H and O–H groups in total. The van der Waals surface area contributed by atoms with E-state index < -0.39 is 16.0 Å². The Hall–Kier alpha value is 0.500. The molecule has 0 radical (unpaired) electrons. The summed E-state index contributed by atoms with van der Waals surface area (Å²) in [6.07, 6.45) is 2.48. The molecule has 5 nitrogen and oxygen atoms in total. The molecule has 1 heterocycles. The van der Waals surface area contributed by atoms with Gasteiger partial charge in [-0.1, -0.05) is 13.8 Å². The van der Waals surface area contributed by atoms with E-state index >= 15 is 0 Å². The van der Waals surface area contributed by atoms with Crippen LogP contribution in [0.2, 0.25) is 0 Å². The van der Waals surface area contributed by atoms with Gasteiger partial charge < -0.3 is 13.6 Å². The van der Waals surface area contributed by atoms with E-state index in [2.05, 4.69) is 0 Å². The van der Waals surface area contributed by atoms with Crippen molar-refractivity contribution >= 4 is 16.0 Å². The third kappa shape index (κ3) is 4.27. The summed E-state index contributed by atoms with van der Waals surface area (Å²) in [5.74, 6) is 0. The minimum Gasteiger partial charge on any atom is -0.322 e. The van der Waals surface area contributed by atoms with E-state index in [0.717, 1.165) is 19.4 Å². The molecule has 1 fully saturated rings. The summed E-state index contributed by atoms with van der Waals surface area (Å²) in [4.78, 5) is 0. The molecule has 1 aliphatic heterocycles. The fraction of sp³-hybridized carbons (Fsp3) is 1.00. The molecule has 1 atom stereocenters. The molecular weight excluding hydrogens is 260 g/mol. The molecule has 0 saturated carbocycles. The smallest absolute Gasteiger partial charge is 0.280 e. The lowest BCUT2D eigenvalue weighted by Gasteiger charge is -2.41. The van der Waals surface area contributed by atoms with Gasteiger partial charge in [-0.15, -0.1) is 0 Å². The highest BCUT2D eigenvalue weighted by atomic mass is 31.2. The first kappa shape index (κ1) is 15.6. The second kappa shape index (κ2) is 7.83. The Kier molecular flexibility index (Phi) is 7.17. The van der Waals surface area contributed by atoms with Crippen LogP contribution in [-0.4, -0.2) is 37.0 Å². The van der Waals surface area contributed by atoms with Gasteiger partial charge in [0.05, 0.1) is 26.0 Å². The predicted molar refractivity (Wildman–Crippen MR) is 70.2 cm³/mol. The van der Waals surface area contributed by atoms with Crippen LogP contribution in [-0.2, 0) is 18.1 Å². The minimum absolute atomic E-state index is 0.471. The van der Waals surface area contributed by atoms with E-state index in [0.29, 0.717) is 26.0 Å². The second-order valence-electron chi connectivity index (χ2n) is 3.78. The largest absolute Gasteiger partial charge is 0.322 e. The van der Waals surface area contributed by atoms with Crippen molar-refractivity contribution in [2.45, 2.75) is 33.6 Å². The Balaban J connectivity index is 2.53. The first-order valence-corrected chi connectivity index (χ1v) is 9.14. The zero-order valence-electron chi connectivity index (χ0n) is 10.9. The van der Waals surface area contributed by atoms with Crippen molar-refractivity contribution in [3.8, 4) is 0 Å². The molecule has 1 saturated heterocycles. The molecule has 0 aliphatic carbocycles. The molecule has 0 aromatic heterocycles. The minimum atomic E-state index is -2.63. The highest BCUT2D eigenvalue weighted by Crippen LogP contribution is 2.69. The number of rotatable bonds is 9. The van der Waals surface area contributed by atoms with E-state index in [9.17, 15) is 4.57 Å². The van der Waals surface area contributed by atoms with Crippen molar-refractivity contribution in [2.24, 2.45) is 0 Å². The highest BCUT2D eigenvalue weighted by Gasteiger charge is 2.47. The fourth-order valence-electron chi connectivity index (χ4n) is 1.39. The first-order chi connectivity index (χ1) is 8.18. The van der Waals surface area contributed by atoms with E-state index in [1.165, 1.54) is 0 Å². The Morgan fingerprint density at radius 3 is 2.12 bits per heavy atom. The van der Waals surface area contributed by atoms with Crippen LogP contribution >= 0.6 is 16.0 Å². The quantitative estimate of drug-likeness (QED) is 0.605. The molecule has 0 spiro atoms. The van der Waals surface area contributed by atoms with Crippen molar-refractivity contribution in [3.63, 3.8) is 0 Å². The molecule has 17 heavy (non-hydrogen) atoms. The monoisotopic (exact) mass is 283 g/mol. The SMILES string of the molecule is CCCOP(OCCC)N1CCP1(=O)OCC. The van der Waals surface area contributed by atoms with Gasteiger partial charge in [0.15, 0.2) is 0 Å². The Bertz CT molecular complexity index is 257. The van der Waals surface area contributed by atoms with Gasteiger partial charge in [-0.25, -0.2) is 0 Å². The van der Waals surface area contributed by atoms with E-state index in [1.54, 1.807) is 4.44 Å². The molecule has 7 heteroatoms. The van der Waals surface area contributed by atoms with Gasteiger partial charge >= 0.3 is 0 Å². The molecule has 0 bridgehead atoms. The second-order valence-corrected chi connectivity index (χ2v) is 8.03. The maximum absolute atomic E-state index is 12.3. The number of hydrogen-bond acceptors (Lipinski definition) is 4. The molecule has 0 aromatic rings. The molecule has 0 amide bonds. The lowest BCUT2D eigenvalue weighted by atomic mass is 10.5. The fourth-order valence-corrected chi connectivity index (χ4v) is 5.83. The Morgan fingerprint density at radius 2 is 1.76 bits per heavy atom. The van der Waals surface area contributed by atoms with Gasteiger partial charge in [0, 0.05) is 6.54 Å². The number of hydrogen-bond donors (Lipinski definition) is 0. The summed E-state index contributed by atoms with van der Waals surface area (Å²) >= 11 is 0. The van der Waals surface area contributed by atoms with Crippen LogP contribution in [0.15, 0.2) is 0 Å². The molecule has 1 rings (SSSR count). The van der Waals surface area contributed by atoms with Crippen LogP contribution in [0.5, 0.6) is 0 Å². The topological polar surface area (TPSA) is 48.0 Å². The van der Waals surface area contributed by atoms with Gasteiger partial charge in [0.25, 0.3) is 16.0 Å². The van der Waals surface area contributed by atoms with Crippen molar-refractivity contribution in [3.05, 3.63) is 0 Å². The van der Waals surface area contributed by atoms with Crippen LogP contribution in [0.1, 0.15) is 33.6 Å². The van der Waals surface area contributed by atoms with Gasteiger partial charge in [-0.3, -0.25) is 4.57 Å². The number of nitrogens with zero attached hydrogens (tertiary/aromatic N) is 1. The summed E-state index contributed by atoms with van der Waals surface area (Å²) in [6.45, 7) is 8.44. The molecule has 0 aromatic carbocycles. The van der Waals surface area contributed by atoms with Crippen molar-refractivity contribution in [1.82, 2.24) is 4.44 Å². The molecule has 1 unspecified atom stereocenters. The molecule has 102 valence electrons. The Morgan fingerprint density at radius 1 is 1.18 bits per heavy atom. The van der Waals surface area contributed by atoms with Gasteiger partial charge in [0.2, 0.25) is 0 Å². The lowest BCUT2D eigenvalue weighted by molar-refractivity contribution is 0.206. The van der Waals surface area contributed by atoms with Crippen LogP contribution in [0, 0.1) is 0 Å². The summed E-state index contributed by atoms with van der Waals surface area (Å²) in [6, 6.07) is 0. The Labute approximate surface area is 105 Å². The van der Waals surface area contributed by atoms with E-state index in [4.69, 9.17) is 13.6 Å². The average Bonchev–Trinajstić information content (AvgIpc) is 2.31. The first-order valence-electron chi connectivity index (χ1n) is 6.25. The average molecular weight is 283 g/mol. The van der Waals surface area contributed by atoms with Gasteiger partial charge in [-0.05, 0) is 19.8 Å². The van der Waals surface area contributed by atoms with Gasteiger partial charge in [-0.2, -0.15) is 4.44 Å². The normalized spacial score (nSPS) is 25.2. The third-order valence-electron chi connectivity index (χ3n) is 2.27. The maximum Gasteiger partial charge on any atom is 0.280 e. The summed E-state index contributed by atoms with van der Waals surface area (Å²) in [5.41, 5.74) is 0. The summed E-state index contributed by atoms with van der Waals surface area (Å²) in [5, 5.41) is 0. The van der Waals surface area contributed by atoms with Crippen molar-refractivity contribution in [2.75, 3.05) is 32.5 Å². The zero-order valence-corrected chi connectivity index (χ0v) is 12.7. The maximum atomic E-state index is 12.3. The molecule has 1 aliphatic rings. The van der Waals surface area contributed by atoms with E-state index in [1.807, 2.05) is 20.8 Å². The highest BCUT2D eigenvalue weighted by molar-refractivity contribution is 7.68. The van der Waals surface area contributed by atoms with Crippen LogP contribution in [0.4, 0.5) is 0 Å². The van der Waals surface area contributed by atoms with Crippen LogP contribution in [0.25, 0.3) is 0 Å². The van der Waals surface area contributed by atoms with Crippen LogP contribution < -0.4 is 0 Å². The zero-order chi connectivity index (χ0) is 12.7. The van der Waals surface area contributed by atoms with E-state index in [-0.39, 0.29) is 0 Å².